The highest BCUT2D eigenvalue weighted by Gasteiger charge is 2.25. The molecule has 17 heavy (non-hydrogen) atoms. The topological polar surface area (TPSA) is 52.6 Å². The summed E-state index contributed by atoms with van der Waals surface area (Å²) in [6.07, 6.45) is -0.765. The third kappa shape index (κ3) is 3.42. The van der Waals surface area contributed by atoms with Crippen LogP contribution in [0.3, 0.4) is 0 Å². The van der Waals surface area contributed by atoms with Crippen LogP contribution in [0.2, 0.25) is 0 Å². The quantitative estimate of drug-likeness (QED) is 0.611. The SMILES string of the molecule is C=C(C(=O)OC)[C@@H](OC(C)=O)c1ccc(C)s1. The Morgan fingerprint density at radius 1 is 1.41 bits per heavy atom. The van der Waals surface area contributed by atoms with Gasteiger partial charge >= 0.3 is 11.9 Å². The predicted molar refractivity (Wildman–Crippen MR) is 64.7 cm³/mol. The molecule has 0 aliphatic heterocycles. The van der Waals surface area contributed by atoms with Gasteiger partial charge in [-0.1, -0.05) is 6.58 Å². The fraction of sp³-hybridized carbons (Fsp3) is 0.333. The third-order valence-corrected chi connectivity index (χ3v) is 3.11. The molecule has 0 bridgehead atoms. The zero-order valence-corrected chi connectivity index (χ0v) is 10.8. The van der Waals surface area contributed by atoms with Crippen LogP contribution in [0.1, 0.15) is 22.8 Å². The first-order valence-electron chi connectivity index (χ1n) is 4.96. The van der Waals surface area contributed by atoms with E-state index in [1.54, 1.807) is 0 Å². The van der Waals surface area contributed by atoms with Crippen molar-refractivity contribution >= 4 is 23.3 Å². The molecule has 1 aromatic rings. The van der Waals surface area contributed by atoms with Gasteiger partial charge in [0.25, 0.3) is 0 Å². The summed E-state index contributed by atoms with van der Waals surface area (Å²) in [6.45, 7) is 6.84. The van der Waals surface area contributed by atoms with Crippen molar-refractivity contribution in [3.8, 4) is 0 Å². The van der Waals surface area contributed by atoms with E-state index >= 15 is 0 Å². The maximum Gasteiger partial charge on any atom is 0.337 e. The average Bonchev–Trinajstić information content (AvgIpc) is 2.70. The predicted octanol–water partition coefficient (Wildman–Crippen LogP) is 2.39. The molecule has 1 heterocycles. The second kappa shape index (κ2) is 5.63. The number of esters is 2. The number of rotatable bonds is 4. The van der Waals surface area contributed by atoms with Gasteiger partial charge in [-0.2, -0.15) is 0 Å². The lowest BCUT2D eigenvalue weighted by Gasteiger charge is -2.16. The maximum atomic E-state index is 11.4. The first kappa shape index (κ1) is 13.4. The summed E-state index contributed by atoms with van der Waals surface area (Å²) in [7, 11) is 1.26. The molecular formula is C12H14O4S. The summed E-state index contributed by atoms with van der Waals surface area (Å²) < 4.78 is 9.68. The van der Waals surface area contributed by atoms with Gasteiger partial charge in [0.15, 0.2) is 6.10 Å². The summed E-state index contributed by atoms with van der Waals surface area (Å²) in [5, 5.41) is 0. The van der Waals surface area contributed by atoms with Crippen molar-refractivity contribution in [3.05, 3.63) is 34.0 Å². The van der Waals surface area contributed by atoms with Gasteiger partial charge in [0.2, 0.25) is 0 Å². The molecule has 1 rings (SSSR count). The van der Waals surface area contributed by atoms with Crippen molar-refractivity contribution in [1.29, 1.82) is 0 Å². The Balaban J connectivity index is 2.99. The molecule has 1 atom stereocenters. The highest BCUT2D eigenvalue weighted by Crippen LogP contribution is 2.31. The highest BCUT2D eigenvalue weighted by molar-refractivity contribution is 7.12. The second-order valence-corrected chi connectivity index (χ2v) is 4.77. The van der Waals surface area contributed by atoms with E-state index in [0.717, 1.165) is 9.75 Å². The van der Waals surface area contributed by atoms with Crippen LogP contribution in [-0.4, -0.2) is 19.0 Å². The molecule has 0 radical (unpaired) electrons. The van der Waals surface area contributed by atoms with Gasteiger partial charge in [-0.25, -0.2) is 4.79 Å². The number of ether oxygens (including phenoxy) is 2. The highest BCUT2D eigenvalue weighted by atomic mass is 32.1. The van der Waals surface area contributed by atoms with Crippen LogP contribution in [0.15, 0.2) is 24.3 Å². The van der Waals surface area contributed by atoms with Crippen LogP contribution in [0.5, 0.6) is 0 Å². The molecular weight excluding hydrogens is 240 g/mol. The molecule has 0 amide bonds. The molecule has 0 unspecified atom stereocenters. The van der Waals surface area contributed by atoms with Crippen molar-refractivity contribution in [2.24, 2.45) is 0 Å². The number of methoxy groups -OCH3 is 1. The molecule has 0 aliphatic carbocycles. The van der Waals surface area contributed by atoms with Gasteiger partial charge in [0, 0.05) is 11.8 Å². The summed E-state index contributed by atoms with van der Waals surface area (Å²) >= 11 is 1.45. The van der Waals surface area contributed by atoms with Gasteiger partial charge in [0.05, 0.1) is 17.6 Å². The minimum absolute atomic E-state index is 0.115. The standard InChI is InChI=1S/C12H14O4S/c1-7-5-6-10(17-7)11(16-9(3)13)8(2)12(14)15-4/h5-6,11H,2H2,1,3-4H3/t11-/m1/s1. The molecule has 92 valence electrons. The van der Waals surface area contributed by atoms with Gasteiger partial charge < -0.3 is 9.47 Å². The molecule has 0 saturated heterocycles. The van der Waals surface area contributed by atoms with Crippen molar-refractivity contribution in [2.45, 2.75) is 20.0 Å². The van der Waals surface area contributed by atoms with Crippen molar-refractivity contribution in [3.63, 3.8) is 0 Å². The average molecular weight is 254 g/mol. The minimum Gasteiger partial charge on any atom is -0.466 e. The lowest BCUT2D eigenvalue weighted by Crippen LogP contribution is -2.16. The first-order valence-corrected chi connectivity index (χ1v) is 5.78. The van der Waals surface area contributed by atoms with E-state index in [1.165, 1.54) is 25.4 Å². The Labute approximate surface area is 104 Å². The van der Waals surface area contributed by atoms with Crippen molar-refractivity contribution < 1.29 is 19.1 Å². The van der Waals surface area contributed by atoms with E-state index < -0.39 is 18.0 Å². The Morgan fingerprint density at radius 3 is 2.47 bits per heavy atom. The number of aryl methyl sites for hydroxylation is 1. The Kier molecular flexibility index (Phi) is 4.45. The summed E-state index contributed by atoms with van der Waals surface area (Å²) in [4.78, 5) is 24.3. The smallest absolute Gasteiger partial charge is 0.337 e. The normalized spacial score (nSPS) is 11.7. The largest absolute Gasteiger partial charge is 0.466 e. The van der Waals surface area contributed by atoms with E-state index in [-0.39, 0.29) is 5.57 Å². The van der Waals surface area contributed by atoms with E-state index in [0.29, 0.717) is 0 Å². The van der Waals surface area contributed by atoms with Crippen LogP contribution in [0.4, 0.5) is 0 Å². The maximum absolute atomic E-state index is 11.4. The lowest BCUT2D eigenvalue weighted by atomic mass is 10.1. The first-order chi connectivity index (χ1) is 7.95. The lowest BCUT2D eigenvalue weighted by molar-refractivity contribution is -0.147. The number of hydrogen-bond donors (Lipinski definition) is 0. The van der Waals surface area contributed by atoms with E-state index in [9.17, 15) is 9.59 Å². The zero-order chi connectivity index (χ0) is 13.0. The van der Waals surface area contributed by atoms with Crippen LogP contribution in [0, 0.1) is 6.92 Å². The fourth-order valence-corrected chi connectivity index (χ4v) is 2.24. The fourth-order valence-electron chi connectivity index (χ4n) is 1.30. The summed E-state index contributed by atoms with van der Waals surface area (Å²) in [6, 6.07) is 3.70. The summed E-state index contributed by atoms with van der Waals surface area (Å²) in [5.41, 5.74) is 0.115. The number of thiophene rings is 1. The van der Waals surface area contributed by atoms with E-state index in [2.05, 4.69) is 11.3 Å². The van der Waals surface area contributed by atoms with Gasteiger partial charge in [-0.3, -0.25) is 4.79 Å². The van der Waals surface area contributed by atoms with Crippen molar-refractivity contribution in [1.82, 2.24) is 0 Å². The number of hydrogen-bond acceptors (Lipinski definition) is 5. The second-order valence-electron chi connectivity index (χ2n) is 3.45. The van der Waals surface area contributed by atoms with Crippen LogP contribution >= 0.6 is 11.3 Å². The molecule has 0 spiro atoms. The number of carbonyl (C=O) groups is 2. The molecule has 5 heteroatoms. The molecule has 1 aromatic heterocycles. The van der Waals surface area contributed by atoms with Crippen LogP contribution < -0.4 is 0 Å². The molecule has 0 saturated carbocycles. The van der Waals surface area contributed by atoms with Crippen molar-refractivity contribution in [2.75, 3.05) is 7.11 Å². The molecule has 0 fully saturated rings. The minimum atomic E-state index is -0.765. The Bertz CT molecular complexity index is 447. The van der Waals surface area contributed by atoms with Gasteiger partial charge in [-0.05, 0) is 19.1 Å². The van der Waals surface area contributed by atoms with Crippen LogP contribution in [0.25, 0.3) is 0 Å². The van der Waals surface area contributed by atoms with Gasteiger partial charge in [0.1, 0.15) is 0 Å². The monoisotopic (exact) mass is 254 g/mol. The molecule has 0 aromatic carbocycles. The summed E-state index contributed by atoms with van der Waals surface area (Å²) in [5.74, 6) is -1.05. The van der Waals surface area contributed by atoms with E-state index in [4.69, 9.17) is 4.74 Å². The van der Waals surface area contributed by atoms with Gasteiger partial charge in [-0.15, -0.1) is 11.3 Å². The zero-order valence-electron chi connectivity index (χ0n) is 9.98. The molecule has 0 aliphatic rings. The number of carbonyl (C=O) groups excluding carboxylic acids is 2. The van der Waals surface area contributed by atoms with Crippen LogP contribution in [-0.2, 0) is 19.1 Å². The third-order valence-electron chi connectivity index (χ3n) is 2.07. The Morgan fingerprint density at radius 2 is 2.06 bits per heavy atom. The molecule has 0 N–H and O–H groups in total. The molecule has 4 nitrogen and oxygen atoms in total. The Hall–Kier alpha value is -1.62. The van der Waals surface area contributed by atoms with E-state index in [1.807, 2.05) is 19.1 Å².